The van der Waals surface area contributed by atoms with E-state index in [2.05, 4.69) is 15.1 Å². The molecule has 0 bridgehead atoms. The number of aryl methyl sites for hydroxylation is 4. The fourth-order valence-corrected chi connectivity index (χ4v) is 9.29. The minimum atomic E-state index is -1.00. The van der Waals surface area contributed by atoms with Gasteiger partial charge in [0.05, 0.1) is 31.2 Å². The van der Waals surface area contributed by atoms with Crippen molar-refractivity contribution in [3.63, 3.8) is 0 Å². The monoisotopic (exact) mass is 968 g/mol. The van der Waals surface area contributed by atoms with E-state index in [0.29, 0.717) is 23.5 Å². The molecule has 8 aromatic rings. The van der Waals surface area contributed by atoms with Crippen LogP contribution in [-0.2, 0) is 14.1 Å². The lowest BCUT2D eigenvalue weighted by Gasteiger charge is -2.29. The normalized spacial score (nSPS) is 17.6. The maximum absolute atomic E-state index is 14.0. The minimum absolute atomic E-state index is 0.0641. The predicted octanol–water partition coefficient (Wildman–Crippen LogP) is 12.0. The number of aromatic carboxylic acids is 1. The van der Waals surface area contributed by atoms with Crippen LogP contribution in [0.4, 0.5) is 13.2 Å². The molecule has 71 heavy (non-hydrogen) atoms. The number of carbonyl (C=O) groups is 2. The average molecular weight is 969 g/mol. The third kappa shape index (κ3) is 13.1. The van der Waals surface area contributed by atoms with E-state index < -0.39 is 13.1 Å². The number of Topliss-reactive ketones (excluding diaryl/α,β-unsaturated/α-hetero) is 1. The van der Waals surface area contributed by atoms with Gasteiger partial charge in [0.2, 0.25) is 0 Å². The summed E-state index contributed by atoms with van der Waals surface area (Å²) in [5, 5.41) is 20.1. The molecule has 4 aromatic carbocycles. The van der Waals surface area contributed by atoms with Crippen LogP contribution in [-0.4, -0.2) is 71.8 Å². The number of carboxylic acid groups (broad SMARTS) is 1. The number of nitrogens with two attached hydrogens (primary N) is 1. The molecule has 4 heterocycles. The van der Waals surface area contributed by atoms with Gasteiger partial charge in [0, 0.05) is 77.8 Å². The quantitative estimate of drug-likeness (QED) is 0.126. The Morgan fingerprint density at radius 2 is 1.17 bits per heavy atom. The summed E-state index contributed by atoms with van der Waals surface area (Å²) in [6, 6.07) is 31.9. The van der Waals surface area contributed by atoms with Crippen molar-refractivity contribution in [2.75, 3.05) is 7.15 Å². The highest BCUT2D eigenvalue weighted by Gasteiger charge is 2.27. The Balaban J connectivity index is 0.000000169. The first-order valence-corrected chi connectivity index (χ1v) is 23.7. The summed E-state index contributed by atoms with van der Waals surface area (Å²) in [6.45, 7) is 3.87. The summed E-state index contributed by atoms with van der Waals surface area (Å²) >= 11 is 0. The van der Waals surface area contributed by atoms with Crippen LogP contribution in [0.25, 0.3) is 44.3 Å². The maximum atomic E-state index is 14.0. The van der Waals surface area contributed by atoms with Crippen molar-refractivity contribution in [2.45, 2.75) is 89.9 Å². The van der Waals surface area contributed by atoms with E-state index in [9.17, 15) is 22.8 Å². The number of ketones is 1. The number of ether oxygens (including phenoxy) is 2. The molecule has 4 aromatic heterocycles. The van der Waals surface area contributed by atoms with E-state index >= 15 is 0 Å². The number of halogens is 3. The SMILES string of the molecule is Cc1cc(-c2nn(C)c3ccc(C(=O)CC4CCCC(Oc5ccccc5F)C4)cc23)ccn1.Cc1cc(-c2nn(C)c3ccc(C(=O)O)cc23)ccn1.NC1CCCC(Oc2ccccc2F)C1.[2H]CF. The van der Waals surface area contributed by atoms with Crippen molar-refractivity contribution in [1.29, 1.82) is 0 Å². The van der Waals surface area contributed by atoms with Gasteiger partial charge < -0.3 is 20.3 Å². The number of para-hydroxylation sites is 2. The van der Waals surface area contributed by atoms with Crippen LogP contribution in [0.3, 0.4) is 0 Å². The lowest BCUT2D eigenvalue weighted by Crippen LogP contribution is -2.33. The van der Waals surface area contributed by atoms with Gasteiger partial charge in [-0.15, -0.1) is 0 Å². The molecule has 4 unspecified atom stereocenters. The van der Waals surface area contributed by atoms with Crippen LogP contribution < -0.4 is 15.2 Å². The molecule has 0 aliphatic heterocycles. The third-order valence-corrected chi connectivity index (χ3v) is 12.7. The lowest BCUT2D eigenvalue weighted by molar-refractivity contribution is 0.0696. The Kier molecular flexibility index (Phi) is 16.9. The number of hydrogen-bond donors (Lipinski definition) is 2. The van der Waals surface area contributed by atoms with Gasteiger partial charge in [-0.3, -0.25) is 28.5 Å². The van der Waals surface area contributed by atoms with E-state index in [0.717, 1.165) is 107 Å². The second-order valence-corrected chi connectivity index (χ2v) is 18.0. The number of aromatic nitrogens is 6. The van der Waals surface area contributed by atoms with Crippen LogP contribution in [0, 0.1) is 31.4 Å². The van der Waals surface area contributed by atoms with Gasteiger partial charge in [-0.05, 0) is 156 Å². The molecule has 370 valence electrons. The van der Waals surface area contributed by atoms with E-state index in [-0.39, 0.29) is 47.1 Å². The molecule has 3 N–H and O–H groups in total. The lowest BCUT2D eigenvalue weighted by atomic mass is 9.83. The van der Waals surface area contributed by atoms with E-state index in [1.807, 2.05) is 75.1 Å². The molecule has 2 aliphatic rings. The predicted molar refractivity (Wildman–Crippen MR) is 270 cm³/mol. The number of carboxylic acids is 1. The summed E-state index contributed by atoms with van der Waals surface area (Å²) in [5.74, 6) is -0.587. The Hall–Kier alpha value is -7.39. The van der Waals surface area contributed by atoms with Crippen LogP contribution in [0.1, 0.15) is 91.3 Å². The summed E-state index contributed by atoms with van der Waals surface area (Å²) in [4.78, 5) is 32.8. The summed E-state index contributed by atoms with van der Waals surface area (Å²) in [6.07, 6.45) is 11.5. The minimum Gasteiger partial charge on any atom is -0.487 e. The number of alkyl halides is 1. The largest absolute Gasteiger partial charge is 0.487 e. The zero-order valence-corrected chi connectivity index (χ0v) is 40.4. The molecule has 12 nitrogen and oxygen atoms in total. The molecule has 2 fully saturated rings. The third-order valence-electron chi connectivity index (χ3n) is 12.7. The van der Waals surface area contributed by atoms with Crippen LogP contribution in [0.5, 0.6) is 11.5 Å². The molecule has 2 aliphatic carbocycles. The number of rotatable bonds is 10. The van der Waals surface area contributed by atoms with Gasteiger partial charge in [0.25, 0.3) is 0 Å². The second kappa shape index (κ2) is 24.0. The maximum Gasteiger partial charge on any atom is 0.335 e. The first-order chi connectivity index (χ1) is 34.7. The highest BCUT2D eigenvalue weighted by Crippen LogP contribution is 2.34. The summed E-state index contributed by atoms with van der Waals surface area (Å²) in [7, 11) is 2.76. The molecule has 4 atom stereocenters. The molecule has 0 radical (unpaired) electrons. The topological polar surface area (TPSA) is 160 Å². The van der Waals surface area contributed by atoms with Crippen molar-refractivity contribution < 1.29 is 38.7 Å². The standard InChI is InChI=1S/C28H28FN3O2.C15H13N3O2.C12H16FNO.CH3F/c1-18-14-21(12-13-30-18)28-23-17-20(10-11-25(23)32(2)31-28)26(33)16-19-6-5-7-22(15-19)34-27-9-4-3-8-24(27)29;1-9-7-10(5-6-16-9)14-12-8-11(15(19)20)3-4-13(12)18(2)17-14;13-11-6-1-2-7-12(11)15-10-5-3-4-9(14)8-10;1-2/h3-4,8-14,17,19,22H,5-7,15-16H2,1-2H3;3-8H,1-2H3,(H,19,20);1-2,6-7,9-10H,3-5,8,14H2;1H3/i;;;1D. The molecule has 2 saturated carbocycles. The van der Waals surface area contributed by atoms with Crippen LogP contribution >= 0.6 is 0 Å². The molecular formula is C56H60F3N7O5. The van der Waals surface area contributed by atoms with E-state index in [4.69, 9.17) is 26.8 Å². The van der Waals surface area contributed by atoms with Crippen LogP contribution in [0.15, 0.2) is 122 Å². The highest BCUT2D eigenvalue weighted by molar-refractivity contribution is 6.03. The number of pyridine rings is 2. The fourth-order valence-electron chi connectivity index (χ4n) is 9.29. The van der Waals surface area contributed by atoms with Gasteiger partial charge in [-0.1, -0.05) is 24.3 Å². The molecule has 0 spiro atoms. The van der Waals surface area contributed by atoms with Crippen molar-refractivity contribution in [3.05, 3.63) is 156 Å². The number of nitrogens with zero attached hydrogens (tertiary/aromatic N) is 6. The first kappa shape index (κ1) is 50.0. The van der Waals surface area contributed by atoms with Crippen molar-refractivity contribution in [1.82, 2.24) is 29.5 Å². The fraction of sp³-hybridized carbons (Fsp3) is 0.321. The van der Waals surface area contributed by atoms with E-state index in [1.54, 1.807) is 71.7 Å². The highest BCUT2D eigenvalue weighted by atomic mass is 19.1. The summed E-state index contributed by atoms with van der Waals surface area (Å²) < 4.78 is 57.9. The van der Waals surface area contributed by atoms with Gasteiger partial charge in [0.15, 0.2) is 28.9 Å². The molecule has 15 heteroatoms. The van der Waals surface area contributed by atoms with Crippen LogP contribution in [0.2, 0.25) is 0 Å². The van der Waals surface area contributed by atoms with Gasteiger partial charge in [-0.25, -0.2) is 13.6 Å². The Morgan fingerprint density at radius 3 is 1.66 bits per heavy atom. The van der Waals surface area contributed by atoms with Gasteiger partial charge >= 0.3 is 5.97 Å². The number of benzene rings is 4. The van der Waals surface area contributed by atoms with E-state index in [1.165, 1.54) is 12.1 Å². The smallest absolute Gasteiger partial charge is 0.335 e. The summed E-state index contributed by atoms with van der Waals surface area (Å²) in [5.41, 5.74) is 14.1. The zero-order chi connectivity index (χ0) is 51.3. The average Bonchev–Trinajstić information content (AvgIpc) is 3.88. The van der Waals surface area contributed by atoms with Gasteiger partial charge in [0.1, 0.15) is 17.5 Å². The molecule has 0 saturated heterocycles. The molecule has 0 amide bonds. The zero-order valence-electron chi connectivity index (χ0n) is 41.4. The Morgan fingerprint density at radius 1 is 0.690 bits per heavy atom. The molecule has 10 rings (SSSR count). The second-order valence-electron chi connectivity index (χ2n) is 18.0. The van der Waals surface area contributed by atoms with Crippen molar-refractivity contribution >= 4 is 33.6 Å². The molecular weight excluding hydrogens is 908 g/mol. The Labute approximate surface area is 413 Å². The first-order valence-electron chi connectivity index (χ1n) is 24.4. The Bertz CT molecular complexity index is 3130. The number of hydrogen-bond acceptors (Lipinski definition) is 9. The van der Waals surface area contributed by atoms with Crippen molar-refractivity contribution in [3.8, 4) is 34.0 Å². The number of fused-ring (bicyclic) bond motifs is 2. The van der Waals surface area contributed by atoms with Gasteiger partial charge in [-0.2, -0.15) is 10.2 Å². The number of carbonyl (C=O) groups excluding carboxylic acids is 1. The van der Waals surface area contributed by atoms with Crippen molar-refractivity contribution in [2.24, 2.45) is 25.7 Å².